The molecule has 6 rings (SSSR count). The normalized spacial score (nSPS) is 23.6. The average Bonchev–Trinajstić information content (AvgIpc) is 3.55. The van der Waals surface area contributed by atoms with Crippen LogP contribution in [0.2, 0.25) is 0 Å². The number of carbonyl (C=O) groups is 2. The summed E-state index contributed by atoms with van der Waals surface area (Å²) >= 11 is 0. The minimum absolute atomic E-state index is 0.0280. The van der Waals surface area contributed by atoms with Gasteiger partial charge in [-0.05, 0) is 37.3 Å². The summed E-state index contributed by atoms with van der Waals surface area (Å²) in [6, 6.07) is 7.30. The van der Waals surface area contributed by atoms with Crippen LogP contribution in [0.3, 0.4) is 0 Å². The number of carbonyl (C=O) groups excluding carboxylic acids is 2. The fraction of sp³-hybridized carbons (Fsp3) is 0.435. The van der Waals surface area contributed by atoms with Gasteiger partial charge in [-0.15, -0.1) is 0 Å². The van der Waals surface area contributed by atoms with Crippen LogP contribution in [-0.2, 0) is 9.53 Å². The minimum atomic E-state index is -0.215. The Bertz CT molecular complexity index is 1270. The maximum absolute atomic E-state index is 13.1. The third-order valence-electron chi connectivity index (χ3n) is 6.85. The lowest BCUT2D eigenvalue weighted by molar-refractivity contribution is -0.117. The Hall–Kier alpha value is -3.73. The molecule has 0 aromatic carbocycles. The van der Waals surface area contributed by atoms with Crippen LogP contribution in [0.15, 0.2) is 30.5 Å². The Balaban J connectivity index is 1.27. The van der Waals surface area contributed by atoms with Crippen LogP contribution in [0.25, 0.3) is 5.65 Å². The number of rotatable bonds is 6. The molecule has 3 aromatic rings. The number of amides is 2. The van der Waals surface area contributed by atoms with Crippen molar-refractivity contribution in [3.63, 3.8) is 0 Å². The quantitative estimate of drug-likeness (QED) is 0.508. The average molecular weight is 463 g/mol. The first-order valence-electron chi connectivity index (χ1n) is 11.6. The van der Waals surface area contributed by atoms with E-state index in [0.717, 1.165) is 25.9 Å². The molecule has 34 heavy (non-hydrogen) atoms. The van der Waals surface area contributed by atoms with Crippen molar-refractivity contribution < 1.29 is 14.3 Å². The maximum Gasteiger partial charge on any atom is 0.257 e. The summed E-state index contributed by atoms with van der Waals surface area (Å²) in [5.41, 5.74) is 0.826. The van der Waals surface area contributed by atoms with Crippen molar-refractivity contribution in [1.82, 2.24) is 24.9 Å². The predicted octanol–water partition coefficient (Wildman–Crippen LogP) is 1.94. The van der Waals surface area contributed by atoms with Crippen LogP contribution in [0.4, 0.5) is 23.3 Å². The third-order valence-corrected chi connectivity index (χ3v) is 6.85. The minimum Gasteiger partial charge on any atom is -0.376 e. The Morgan fingerprint density at radius 3 is 2.94 bits per heavy atom. The lowest BCUT2D eigenvalue weighted by Crippen LogP contribution is -2.54. The van der Waals surface area contributed by atoms with Gasteiger partial charge in [-0.2, -0.15) is 9.61 Å². The van der Waals surface area contributed by atoms with Gasteiger partial charge in [-0.3, -0.25) is 14.5 Å². The zero-order chi connectivity index (χ0) is 23.2. The molecule has 3 atom stereocenters. The first-order chi connectivity index (χ1) is 16.6. The highest BCUT2D eigenvalue weighted by molar-refractivity contribution is 6.00. The lowest BCUT2D eigenvalue weighted by atomic mass is 9.77. The van der Waals surface area contributed by atoms with Gasteiger partial charge in [-0.25, -0.2) is 9.97 Å². The molecule has 2 amide bonds. The first kappa shape index (κ1) is 20.8. The smallest absolute Gasteiger partial charge is 0.257 e. The Kier molecular flexibility index (Phi) is 5.05. The van der Waals surface area contributed by atoms with Gasteiger partial charge in [0.15, 0.2) is 5.65 Å². The van der Waals surface area contributed by atoms with Crippen LogP contribution in [0.1, 0.15) is 36.0 Å². The highest BCUT2D eigenvalue weighted by atomic mass is 16.5. The summed E-state index contributed by atoms with van der Waals surface area (Å²) in [6.07, 6.45) is 5.04. The van der Waals surface area contributed by atoms with Crippen molar-refractivity contribution in [3.8, 4) is 0 Å². The van der Waals surface area contributed by atoms with Gasteiger partial charge in [0.05, 0.1) is 18.3 Å². The number of ether oxygens (including phenoxy) is 1. The van der Waals surface area contributed by atoms with Gasteiger partial charge in [0.1, 0.15) is 28.8 Å². The zero-order valence-electron chi connectivity index (χ0n) is 18.8. The van der Waals surface area contributed by atoms with E-state index in [9.17, 15) is 9.59 Å². The molecule has 3 aromatic heterocycles. The Morgan fingerprint density at radius 1 is 1.24 bits per heavy atom. The second-order valence-electron chi connectivity index (χ2n) is 8.93. The van der Waals surface area contributed by atoms with Crippen molar-refractivity contribution in [2.24, 2.45) is 5.92 Å². The van der Waals surface area contributed by atoms with Crippen molar-refractivity contribution >= 4 is 40.7 Å². The first-order valence-corrected chi connectivity index (χ1v) is 11.6. The lowest BCUT2D eigenvalue weighted by Gasteiger charge is -2.39. The second-order valence-corrected chi connectivity index (χ2v) is 8.93. The van der Waals surface area contributed by atoms with Crippen molar-refractivity contribution in [2.45, 2.75) is 37.8 Å². The van der Waals surface area contributed by atoms with Crippen LogP contribution >= 0.6 is 0 Å². The third kappa shape index (κ3) is 3.52. The Labute approximate surface area is 195 Å². The molecule has 11 nitrogen and oxygen atoms in total. The van der Waals surface area contributed by atoms with Crippen molar-refractivity contribution in [1.29, 1.82) is 0 Å². The summed E-state index contributed by atoms with van der Waals surface area (Å²) in [5.74, 6) is 2.76. The van der Waals surface area contributed by atoms with Gasteiger partial charge < -0.3 is 20.7 Å². The van der Waals surface area contributed by atoms with Gasteiger partial charge in [0.2, 0.25) is 5.91 Å². The topological polar surface area (TPSA) is 126 Å². The van der Waals surface area contributed by atoms with Crippen LogP contribution in [-0.4, -0.2) is 63.7 Å². The van der Waals surface area contributed by atoms with E-state index in [1.54, 1.807) is 22.5 Å². The van der Waals surface area contributed by atoms with E-state index >= 15 is 0 Å². The van der Waals surface area contributed by atoms with Crippen LogP contribution in [0, 0.1) is 5.92 Å². The van der Waals surface area contributed by atoms with Gasteiger partial charge in [0.25, 0.3) is 5.91 Å². The van der Waals surface area contributed by atoms with E-state index in [1.807, 2.05) is 18.2 Å². The molecule has 0 bridgehead atoms. The SMILES string of the molecule is CNc1cc(Nc2cccc(N3CCCC3=O)n2)nc2c(C(=O)N[C@@H]3CC4CCOC43)cnn12. The molecule has 5 heterocycles. The van der Waals surface area contributed by atoms with Crippen molar-refractivity contribution in [2.75, 3.05) is 35.7 Å². The predicted molar refractivity (Wildman–Crippen MR) is 125 cm³/mol. The number of hydrogen-bond acceptors (Lipinski definition) is 8. The molecule has 3 fully saturated rings. The highest BCUT2D eigenvalue weighted by Crippen LogP contribution is 2.38. The summed E-state index contributed by atoms with van der Waals surface area (Å²) < 4.78 is 7.34. The van der Waals surface area contributed by atoms with Gasteiger partial charge in [0, 0.05) is 32.7 Å². The molecule has 2 saturated heterocycles. The van der Waals surface area contributed by atoms with E-state index in [1.165, 1.54) is 6.20 Å². The van der Waals surface area contributed by atoms with E-state index in [-0.39, 0.29) is 24.0 Å². The van der Waals surface area contributed by atoms with E-state index in [2.05, 4.69) is 31.0 Å². The number of aromatic nitrogens is 4. The summed E-state index contributed by atoms with van der Waals surface area (Å²) in [6.45, 7) is 1.44. The molecule has 176 valence electrons. The summed E-state index contributed by atoms with van der Waals surface area (Å²) in [4.78, 5) is 36.1. The van der Waals surface area contributed by atoms with Gasteiger partial charge >= 0.3 is 0 Å². The summed E-state index contributed by atoms with van der Waals surface area (Å²) in [5, 5.41) is 13.8. The number of nitrogens with one attached hydrogen (secondary N) is 3. The zero-order valence-corrected chi connectivity index (χ0v) is 18.8. The number of hydrogen-bond donors (Lipinski definition) is 3. The van der Waals surface area contributed by atoms with E-state index < -0.39 is 0 Å². The number of pyridine rings is 1. The molecule has 3 aliphatic rings. The Morgan fingerprint density at radius 2 is 2.15 bits per heavy atom. The van der Waals surface area contributed by atoms with E-state index in [0.29, 0.717) is 53.4 Å². The van der Waals surface area contributed by atoms with Gasteiger partial charge in [-0.1, -0.05) is 6.07 Å². The van der Waals surface area contributed by atoms with Crippen LogP contribution < -0.4 is 20.9 Å². The monoisotopic (exact) mass is 462 g/mol. The molecule has 2 aliphatic heterocycles. The highest BCUT2D eigenvalue weighted by Gasteiger charge is 2.46. The molecule has 11 heteroatoms. The second kappa shape index (κ2) is 8.24. The fourth-order valence-corrected chi connectivity index (χ4v) is 5.03. The maximum atomic E-state index is 13.1. The van der Waals surface area contributed by atoms with Crippen molar-refractivity contribution in [3.05, 3.63) is 36.0 Å². The number of nitrogens with zero attached hydrogens (tertiary/aromatic N) is 5. The standard InChI is InChI=1S/C23H26N8O3/c1-24-19-11-17(27-16-4-2-5-18(28-16)30-8-3-6-20(30)32)29-22-14(12-25-31(19)22)23(33)26-15-10-13-7-9-34-21(13)15/h2,4-5,11-13,15,21,24H,3,6-10H2,1H3,(H,26,33)(H,27,28,29)/t13?,15-,21?/m1/s1. The molecule has 1 saturated carbocycles. The summed E-state index contributed by atoms with van der Waals surface area (Å²) in [7, 11) is 1.78. The molecular formula is C23H26N8O3. The molecule has 1 aliphatic carbocycles. The molecule has 0 radical (unpaired) electrons. The molecular weight excluding hydrogens is 436 g/mol. The number of anilines is 4. The molecule has 2 unspecified atom stereocenters. The van der Waals surface area contributed by atoms with E-state index in [4.69, 9.17) is 4.74 Å². The fourth-order valence-electron chi connectivity index (χ4n) is 5.03. The largest absolute Gasteiger partial charge is 0.376 e. The van der Waals surface area contributed by atoms with Crippen LogP contribution in [0.5, 0.6) is 0 Å². The molecule has 0 spiro atoms. The molecule has 3 N–H and O–H groups in total. The number of fused-ring (bicyclic) bond motifs is 2.